The van der Waals surface area contributed by atoms with Gasteiger partial charge in [0.2, 0.25) is 0 Å². The smallest absolute Gasteiger partial charge is 0.331 e. The molecule has 2 aromatic heterocycles. The van der Waals surface area contributed by atoms with E-state index in [0.29, 0.717) is 16.3 Å². The van der Waals surface area contributed by atoms with Gasteiger partial charge in [0.1, 0.15) is 11.4 Å². The lowest BCUT2D eigenvalue weighted by molar-refractivity contribution is -0.139. The van der Waals surface area contributed by atoms with E-state index in [1.165, 1.54) is 22.2 Å². The van der Waals surface area contributed by atoms with Gasteiger partial charge in [-0.3, -0.25) is 9.36 Å². The first kappa shape index (κ1) is 19.5. The Morgan fingerprint density at radius 3 is 2.75 bits per heavy atom. The van der Waals surface area contributed by atoms with E-state index >= 15 is 0 Å². The van der Waals surface area contributed by atoms with Gasteiger partial charge in [-0.2, -0.15) is 0 Å². The molecule has 8 heteroatoms. The fraction of sp³-hybridized carbons (Fsp3) is 0.200. The van der Waals surface area contributed by atoms with E-state index in [2.05, 4.69) is 11.1 Å². The first-order chi connectivity index (χ1) is 13.4. The highest BCUT2D eigenvalue weighted by Crippen LogP contribution is 2.32. The van der Waals surface area contributed by atoms with Crippen molar-refractivity contribution in [3.05, 3.63) is 63.5 Å². The number of carbonyl (C=O) groups excluding carboxylic acids is 1. The summed E-state index contributed by atoms with van der Waals surface area (Å²) in [4.78, 5) is 39.8. The Hall–Kier alpha value is -3.26. The zero-order valence-electron chi connectivity index (χ0n) is 15.3. The van der Waals surface area contributed by atoms with E-state index in [-0.39, 0.29) is 18.7 Å². The standard InChI is InChI=1S/C20H18N2O5S/c1-12-3-4-14(13(2)9-12)15-10-28-19-18(15)20(26)22(11-21-19)7-8-27-17(25)6-5-16(23)24/h3-6,9-11H,7-8H2,1-2H3,(H,23,24)/b6-5+. The fourth-order valence-electron chi connectivity index (χ4n) is 2.87. The van der Waals surface area contributed by atoms with Crippen molar-refractivity contribution in [1.29, 1.82) is 0 Å². The largest absolute Gasteiger partial charge is 0.478 e. The van der Waals surface area contributed by atoms with Crippen LogP contribution in [0.3, 0.4) is 0 Å². The Morgan fingerprint density at radius 2 is 2.04 bits per heavy atom. The molecule has 0 aliphatic carbocycles. The molecule has 0 fully saturated rings. The van der Waals surface area contributed by atoms with E-state index in [1.54, 1.807) is 0 Å². The van der Waals surface area contributed by atoms with Gasteiger partial charge >= 0.3 is 11.9 Å². The number of aromatic nitrogens is 2. The topological polar surface area (TPSA) is 98.5 Å². The van der Waals surface area contributed by atoms with Gasteiger partial charge in [-0.1, -0.05) is 23.8 Å². The third-order valence-corrected chi connectivity index (χ3v) is 5.06. The number of hydrogen-bond acceptors (Lipinski definition) is 6. The second-order valence-electron chi connectivity index (χ2n) is 6.23. The average molecular weight is 398 g/mol. The van der Waals surface area contributed by atoms with E-state index in [1.807, 2.05) is 31.4 Å². The molecule has 0 amide bonds. The number of aryl methyl sites for hydroxylation is 2. The highest BCUT2D eigenvalue weighted by atomic mass is 32.1. The van der Waals surface area contributed by atoms with Gasteiger partial charge in [0, 0.05) is 23.1 Å². The summed E-state index contributed by atoms with van der Waals surface area (Å²) in [7, 11) is 0. The molecule has 3 aromatic rings. The summed E-state index contributed by atoms with van der Waals surface area (Å²) >= 11 is 1.41. The molecule has 1 aromatic carbocycles. The molecular formula is C20H18N2O5S. The first-order valence-corrected chi connectivity index (χ1v) is 9.37. The maximum atomic E-state index is 13.0. The molecule has 0 saturated carbocycles. The summed E-state index contributed by atoms with van der Waals surface area (Å²) in [5.41, 5.74) is 3.84. The van der Waals surface area contributed by atoms with Crippen LogP contribution < -0.4 is 5.56 Å². The van der Waals surface area contributed by atoms with Crippen LogP contribution in [0.5, 0.6) is 0 Å². The zero-order chi connectivity index (χ0) is 20.3. The van der Waals surface area contributed by atoms with Crippen molar-refractivity contribution in [3.8, 4) is 11.1 Å². The Bertz CT molecular complexity index is 1140. The Balaban J connectivity index is 1.86. The van der Waals surface area contributed by atoms with Crippen LogP contribution in [0.25, 0.3) is 21.3 Å². The van der Waals surface area contributed by atoms with Crippen LogP contribution in [0.15, 0.2) is 46.9 Å². The molecule has 7 nitrogen and oxygen atoms in total. The zero-order valence-corrected chi connectivity index (χ0v) is 16.2. The number of carboxylic acids is 1. The second-order valence-corrected chi connectivity index (χ2v) is 7.09. The van der Waals surface area contributed by atoms with Gasteiger partial charge in [-0.25, -0.2) is 14.6 Å². The number of rotatable bonds is 6. The molecule has 0 aliphatic rings. The van der Waals surface area contributed by atoms with Crippen LogP contribution in [0.4, 0.5) is 0 Å². The van der Waals surface area contributed by atoms with E-state index in [9.17, 15) is 14.4 Å². The van der Waals surface area contributed by atoms with Crippen molar-refractivity contribution in [2.45, 2.75) is 20.4 Å². The lowest BCUT2D eigenvalue weighted by Gasteiger charge is -2.08. The normalized spacial score (nSPS) is 11.2. The summed E-state index contributed by atoms with van der Waals surface area (Å²) < 4.78 is 6.30. The molecule has 1 N–H and O–H groups in total. The van der Waals surface area contributed by atoms with Crippen molar-refractivity contribution < 1.29 is 19.4 Å². The van der Waals surface area contributed by atoms with Crippen LogP contribution in [0, 0.1) is 13.8 Å². The van der Waals surface area contributed by atoms with Crippen LogP contribution in [0.2, 0.25) is 0 Å². The van der Waals surface area contributed by atoms with Gasteiger partial charge in [-0.15, -0.1) is 11.3 Å². The second kappa shape index (κ2) is 8.18. The number of aliphatic carboxylic acids is 1. The summed E-state index contributed by atoms with van der Waals surface area (Å²) in [6.45, 7) is 4.07. The number of carboxylic acid groups (broad SMARTS) is 1. The SMILES string of the molecule is Cc1ccc(-c2csc3ncn(CCOC(=O)/C=C/C(=O)O)c(=O)c23)c(C)c1. The van der Waals surface area contributed by atoms with Gasteiger partial charge in [0.05, 0.1) is 18.3 Å². The molecule has 0 radical (unpaired) electrons. The minimum Gasteiger partial charge on any atom is -0.478 e. The van der Waals surface area contributed by atoms with Crippen molar-refractivity contribution in [1.82, 2.24) is 9.55 Å². The van der Waals surface area contributed by atoms with E-state index in [0.717, 1.165) is 28.3 Å². The molecular weight excluding hydrogens is 380 g/mol. The molecule has 0 atom stereocenters. The van der Waals surface area contributed by atoms with Crippen molar-refractivity contribution in [2.75, 3.05) is 6.61 Å². The first-order valence-electron chi connectivity index (χ1n) is 8.49. The van der Waals surface area contributed by atoms with Crippen molar-refractivity contribution in [3.63, 3.8) is 0 Å². The van der Waals surface area contributed by atoms with Crippen LogP contribution >= 0.6 is 11.3 Å². The van der Waals surface area contributed by atoms with Gasteiger partial charge in [0.25, 0.3) is 5.56 Å². The highest BCUT2D eigenvalue weighted by Gasteiger charge is 2.15. The lowest BCUT2D eigenvalue weighted by Crippen LogP contribution is -2.23. The Kier molecular flexibility index (Phi) is 5.70. The number of thiophene rings is 1. The molecule has 0 saturated heterocycles. The summed E-state index contributed by atoms with van der Waals surface area (Å²) in [6, 6.07) is 6.07. The minimum absolute atomic E-state index is 0.0705. The highest BCUT2D eigenvalue weighted by molar-refractivity contribution is 7.17. The minimum atomic E-state index is -1.24. The van der Waals surface area contributed by atoms with E-state index < -0.39 is 11.9 Å². The third-order valence-electron chi connectivity index (χ3n) is 4.17. The Morgan fingerprint density at radius 1 is 1.25 bits per heavy atom. The summed E-state index contributed by atoms with van der Waals surface area (Å²) in [5, 5.41) is 11.0. The van der Waals surface area contributed by atoms with E-state index in [4.69, 9.17) is 9.84 Å². The molecule has 0 unspecified atom stereocenters. The number of benzene rings is 1. The monoisotopic (exact) mass is 398 g/mol. The van der Waals surface area contributed by atoms with Crippen molar-refractivity contribution >= 4 is 33.5 Å². The van der Waals surface area contributed by atoms with Crippen molar-refractivity contribution in [2.24, 2.45) is 0 Å². The molecule has 0 spiro atoms. The molecule has 2 heterocycles. The number of esters is 1. The number of hydrogen-bond donors (Lipinski definition) is 1. The predicted molar refractivity (Wildman–Crippen MR) is 107 cm³/mol. The average Bonchev–Trinajstić information content (AvgIpc) is 3.06. The molecule has 0 bridgehead atoms. The van der Waals surface area contributed by atoms with Gasteiger partial charge in [0.15, 0.2) is 0 Å². The third kappa shape index (κ3) is 4.17. The summed E-state index contributed by atoms with van der Waals surface area (Å²) in [6.07, 6.45) is 2.95. The molecule has 0 aliphatic heterocycles. The number of carbonyl (C=O) groups is 2. The van der Waals surface area contributed by atoms with Crippen LogP contribution in [-0.2, 0) is 20.9 Å². The summed E-state index contributed by atoms with van der Waals surface area (Å²) in [5.74, 6) is -2.02. The quantitative estimate of drug-likeness (QED) is 0.506. The Labute approximate surface area is 164 Å². The van der Waals surface area contributed by atoms with Crippen LogP contribution in [0.1, 0.15) is 11.1 Å². The molecule has 28 heavy (non-hydrogen) atoms. The number of nitrogens with zero attached hydrogens (tertiary/aromatic N) is 2. The van der Waals surface area contributed by atoms with Gasteiger partial charge in [-0.05, 0) is 25.0 Å². The van der Waals surface area contributed by atoms with Crippen LogP contribution in [-0.4, -0.2) is 33.2 Å². The molecule has 3 rings (SSSR count). The fourth-order valence-corrected chi connectivity index (χ4v) is 3.77. The van der Waals surface area contributed by atoms with Gasteiger partial charge < -0.3 is 9.84 Å². The lowest BCUT2D eigenvalue weighted by atomic mass is 9.99. The number of fused-ring (bicyclic) bond motifs is 1. The maximum Gasteiger partial charge on any atom is 0.331 e. The number of ether oxygens (including phenoxy) is 1. The maximum absolute atomic E-state index is 13.0. The predicted octanol–water partition coefficient (Wildman–Crippen LogP) is 2.93. The molecule has 144 valence electrons.